The van der Waals surface area contributed by atoms with Gasteiger partial charge in [-0.05, 0) is 64.6 Å². The van der Waals surface area contributed by atoms with E-state index >= 15 is 0 Å². The number of esters is 1. The molecule has 0 aliphatic rings. The van der Waals surface area contributed by atoms with Crippen molar-refractivity contribution in [3.8, 4) is 23.3 Å². The first-order valence-electron chi connectivity index (χ1n) is 10.7. The average Bonchev–Trinajstić information content (AvgIpc) is 2.82. The van der Waals surface area contributed by atoms with Crippen LogP contribution in [0.15, 0.2) is 66.7 Å². The summed E-state index contributed by atoms with van der Waals surface area (Å²) >= 11 is 5.93. The van der Waals surface area contributed by atoms with Crippen LogP contribution in [0.5, 0.6) is 17.2 Å². The van der Waals surface area contributed by atoms with Crippen molar-refractivity contribution in [2.75, 3.05) is 13.7 Å². The number of methoxy groups -OCH3 is 1. The third-order valence-corrected chi connectivity index (χ3v) is 5.33. The number of ether oxygens (including phenoxy) is 3. The van der Waals surface area contributed by atoms with Crippen LogP contribution in [0.1, 0.15) is 37.5 Å². The van der Waals surface area contributed by atoms with Gasteiger partial charge in [-0.2, -0.15) is 5.26 Å². The van der Waals surface area contributed by atoms with Gasteiger partial charge in [0.1, 0.15) is 5.75 Å². The molecule has 0 unspecified atom stereocenters. The quantitative estimate of drug-likeness (QED) is 0.165. The molecule has 0 saturated carbocycles. The van der Waals surface area contributed by atoms with Crippen molar-refractivity contribution < 1.29 is 19.0 Å². The van der Waals surface area contributed by atoms with Crippen molar-refractivity contribution in [1.29, 1.82) is 5.26 Å². The second kappa shape index (κ2) is 10.9. The van der Waals surface area contributed by atoms with Crippen molar-refractivity contribution in [2.45, 2.75) is 26.2 Å². The summed E-state index contributed by atoms with van der Waals surface area (Å²) in [4.78, 5) is 12.3. The number of rotatable bonds is 7. The Hall–Kier alpha value is -3.75. The fourth-order valence-electron chi connectivity index (χ4n) is 3.18. The van der Waals surface area contributed by atoms with E-state index in [9.17, 15) is 10.1 Å². The zero-order valence-corrected chi connectivity index (χ0v) is 20.3. The Labute approximate surface area is 205 Å². The lowest BCUT2D eigenvalue weighted by atomic mass is 9.87. The maximum atomic E-state index is 12.3. The number of hydrogen-bond acceptors (Lipinski definition) is 5. The minimum atomic E-state index is -0.555. The predicted octanol–water partition coefficient (Wildman–Crippen LogP) is 6.69. The van der Waals surface area contributed by atoms with Crippen molar-refractivity contribution in [1.82, 2.24) is 0 Å². The minimum Gasteiger partial charge on any atom is -0.493 e. The van der Waals surface area contributed by atoms with Crippen LogP contribution in [0.4, 0.5) is 0 Å². The van der Waals surface area contributed by atoms with Gasteiger partial charge in [0.25, 0.3) is 0 Å². The van der Waals surface area contributed by atoms with E-state index in [1.807, 2.05) is 24.3 Å². The van der Waals surface area contributed by atoms with Gasteiger partial charge in [0.15, 0.2) is 18.1 Å². The molecule has 0 aliphatic carbocycles. The first kappa shape index (κ1) is 24.9. The molecule has 0 N–H and O–H groups in total. The monoisotopic (exact) mass is 475 g/mol. The van der Waals surface area contributed by atoms with Gasteiger partial charge in [0.05, 0.1) is 18.8 Å². The molecule has 0 heterocycles. The van der Waals surface area contributed by atoms with Crippen LogP contribution < -0.4 is 14.2 Å². The van der Waals surface area contributed by atoms with Gasteiger partial charge in [-0.1, -0.05) is 62.7 Å². The third-order valence-electron chi connectivity index (χ3n) is 5.08. The Bertz CT molecular complexity index is 1220. The number of carbonyl (C=O) groups is 1. The molecule has 0 fully saturated rings. The molecule has 0 saturated heterocycles. The molecule has 0 bridgehead atoms. The Morgan fingerprint density at radius 2 is 1.68 bits per heavy atom. The predicted molar refractivity (Wildman–Crippen MR) is 134 cm³/mol. The molecule has 3 aromatic carbocycles. The Balaban J connectivity index is 1.67. The highest BCUT2D eigenvalue weighted by molar-refractivity contribution is 6.30. The number of allylic oxidation sites excluding steroid dienone is 1. The maximum Gasteiger partial charge on any atom is 0.349 e. The maximum absolute atomic E-state index is 12.3. The van der Waals surface area contributed by atoms with E-state index < -0.39 is 5.97 Å². The zero-order chi connectivity index (χ0) is 24.7. The van der Waals surface area contributed by atoms with Gasteiger partial charge in [0.2, 0.25) is 0 Å². The van der Waals surface area contributed by atoms with Gasteiger partial charge in [0, 0.05) is 5.02 Å². The molecule has 3 aromatic rings. The van der Waals surface area contributed by atoms with Gasteiger partial charge in [-0.25, -0.2) is 4.79 Å². The van der Waals surface area contributed by atoms with Crippen molar-refractivity contribution >= 4 is 29.2 Å². The minimum absolute atomic E-state index is 0.0399. The van der Waals surface area contributed by atoms with Crippen LogP contribution in [0, 0.1) is 11.3 Å². The van der Waals surface area contributed by atoms with Crippen LogP contribution in [0.25, 0.3) is 11.6 Å². The molecule has 0 aliphatic heterocycles. The lowest BCUT2D eigenvalue weighted by molar-refractivity contribution is -0.136. The molecule has 0 amide bonds. The second-order valence-electron chi connectivity index (χ2n) is 8.62. The Kier molecular flexibility index (Phi) is 7.99. The molecule has 34 heavy (non-hydrogen) atoms. The van der Waals surface area contributed by atoms with E-state index in [-0.39, 0.29) is 17.8 Å². The average molecular weight is 476 g/mol. The van der Waals surface area contributed by atoms with E-state index in [2.05, 4.69) is 26.8 Å². The zero-order valence-electron chi connectivity index (χ0n) is 19.6. The standard InChI is InChI=1S/C28H26ClNO4/c1-28(2,3)22-8-12-24(13-9-22)33-18-27(31)34-25-14-5-19(16-26(25)32-4)15-21(17-30)20-6-10-23(29)11-7-20/h5-16H,18H2,1-4H3/b21-15+. The molecular weight excluding hydrogens is 450 g/mol. The van der Waals surface area contributed by atoms with Crippen molar-refractivity contribution in [3.63, 3.8) is 0 Å². The molecule has 0 aromatic heterocycles. The van der Waals surface area contributed by atoms with Crippen molar-refractivity contribution in [3.05, 3.63) is 88.4 Å². The number of halogens is 1. The van der Waals surface area contributed by atoms with Crippen molar-refractivity contribution in [2.24, 2.45) is 0 Å². The van der Waals surface area contributed by atoms with E-state index in [1.54, 1.807) is 48.5 Å². The number of carbonyl (C=O) groups excluding carboxylic acids is 1. The summed E-state index contributed by atoms with van der Waals surface area (Å²) in [5.41, 5.74) is 3.15. The van der Waals surface area contributed by atoms with E-state index in [1.165, 1.54) is 12.7 Å². The first-order chi connectivity index (χ1) is 16.2. The molecule has 0 spiro atoms. The largest absolute Gasteiger partial charge is 0.493 e. The summed E-state index contributed by atoms with van der Waals surface area (Å²) in [5.74, 6) is 0.662. The molecule has 5 nitrogen and oxygen atoms in total. The van der Waals surface area contributed by atoms with Crippen LogP contribution in [-0.2, 0) is 10.2 Å². The summed E-state index contributed by atoms with van der Waals surface area (Å²) in [5, 5.41) is 10.1. The van der Waals surface area contributed by atoms with Gasteiger partial charge >= 0.3 is 5.97 Å². The van der Waals surface area contributed by atoms with Gasteiger partial charge in [-0.15, -0.1) is 0 Å². The normalized spacial score (nSPS) is 11.5. The molecule has 174 valence electrons. The molecule has 6 heteroatoms. The lowest BCUT2D eigenvalue weighted by Crippen LogP contribution is -2.18. The summed E-state index contributed by atoms with van der Waals surface area (Å²) in [6.07, 6.45) is 1.72. The second-order valence-corrected chi connectivity index (χ2v) is 9.06. The molecular formula is C28H26ClNO4. The summed E-state index contributed by atoms with van der Waals surface area (Å²) in [6.45, 7) is 6.16. The fraction of sp³-hybridized carbons (Fsp3) is 0.214. The highest BCUT2D eigenvalue weighted by Gasteiger charge is 2.15. The lowest BCUT2D eigenvalue weighted by Gasteiger charge is -2.19. The Morgan fingerprint density at radius 3 is 2.26 bits per heavy atom. The number of hydrogen-bond donors (Lipinski definition) is 0. The van der Waals surface area contributed by atoms with Crippen LogP contribution >= 0.6 is 11.6 Å². The van der Waals surface area contributed by atoms with E-state index in [4.69, 9.17) is 25.8 Å². The fourth-order valence-corrected chi connectivity index (χ4v) is 3.31. The number of nitrogens with zero attached hydrogens (tertiary/aromatic N) is 1. The molecule has 0 atom stereocenters. The summed E-state index contributed by atoms with van der Waals surface area (Å²) in [7, 11) is 1.48. The highest BCUT2D eigenvalue weighted by atomic mass is 35.5. The number of nitriles is 1. The van der Waals surface area contributed by atoms with Gasteiger partial charge in [-0.3, -0.25) is 0 Å². The SMILES string of the molecule is COc1cc(/C=C(\C#N)c2ccc(Cl)cc2)ccc1OC(=O)COc1ccc(C(C)(C)C)cc1. The summed E-state index contributed by atoms with van der Waals surface area (Å²) < 4.78 is 16.4. The van der Waals surface area contributed by atoms with E-state index in [0.717, 1.165) is 11.1 Å². The van der Waals surface area contributed by atoms with Crippen LogP contribution in [0.3, 0.4) is 0 Å². The third kappa shape index (κ3) is 6.63. The van der Waals surface area contributed by atoms with Crippen LogP contribution in [-0.4, -0.2) is 19.7 Å². The smallest absolute Gasteiger partial charge is 0.349 e. The van der Waals surface area contributed by atoms with Crippen LogP contribution in [0.2, 0.25) is 5.02 Å². The topological polar surface area (TPSA) is 68.5 Å². The Morgan fingerprint density at radius 1 is 1.00 bits per heavy atom. The first-order valence-corrected chi connectivity index (χ1v) is 11.1. The summed E-state index contributed by atoms with van der Waals surface area (Å²) in [6, 6.07) is 21.9. The van der Waals surface area contributed by atoms with E-state index in [0.29, 0.717) is 22.1 Å². The number of benzene rings is 3. The molecule has 3 rings (SSSR count). The van der Waals surface area contributed by atoms with Gasteiger partial charge < -0.3 is 14.2 Å². The highest BCUT2D eigenvalue weighted by Crippen LogP contribution is 2.30. The molecule has 0 radical (unpaired) electrons.